The number of unbranched alkanes of at least 4 members (excludes halogenated alkanes) is 1. The highest BCUT2D eigenvalue weighted by molar-refractivity contribution is 9.10. The summed E-state index contributed by atoms with van der Waals surface area (Å²) in [4.78, 5) is 14.8. The van der Waals surface area contributed by atoms with E-state index in [1.807, 2.05) is 0 Å². The lowest BCUT2D eigenvalue weighted by atomic mass is 10.1. The van der Waals surface area contributed by atoms with Crippen LogP contribution in [0.25, 0.3) is 0 Å². The van der Waals surface area contributed by atoms with E-state index in [-0.39, 0.29) is 9.80 Å². The Balaban J connectivity index is 2.13. The highest BCUT2D eigenvalue weighted by atomic mass is 79.9. The van der Waals surface area contributed by atoms with Crippen molar-refractivity contribution >= 4 is 37.4 Å². The SMILES string of the molecule is CCCCC1NC=C(S(=O)(=O)c2ccc(Br)cc2)C(=O)N1c1c(OC)cccc1OC. The van der Waals surface area contributed by atoms with Gasteiger partial charge in [0, 0.05) is 10.7 Å². The number of hydrogen-bond acceptors (Lipinski definition) is 6. The van der Waals surface area contributed by atoms with E-state index in [4.69, 9.17) is 9.47 Å². The molecule has 0 bridgehead atoms. The molecule has 31 heavy (non-hydrogen) atoms. The third-order valence-corrected chi connectivity index (χ3v) is 7.33. The van der Waals surface area contributed by atoms with E-state index in [1.165, 1.54) is 37.5 Å². The van der Waals surface area contributed by atoms with Gasteiger partial charge in [0.25, 0.3) is 5.91 Å². The predicted octanol–water partition coefficient (Wildman–Crippen LogP) is 4.23. The van der Waals surface area contributed by atoms with Gasteiger partial charge in [0.2, 0.25) is 9.84 Å². The minimum atomic E-state index is -4.05. The third kappa shape index (κ3) is 4.57. The van der Waals surface area contributed by atoms with Gasteiger partial charge in [-0.25, -0.2) is 8.42 Å². The second kappa shape index (κ2) is 9.74. The van der Waals surface area contributed by atoms with Gasteiger partial charge in [-0.05, 0) is 49.2 Å². The fraction of sp³-hybridized carbons (Fsp3) is 0.318. The van der Waals surface area contributed by atoms with Crippen LogP contribution in [0.3, 0.4) is 0 Å². The molecule has 1 heterocycles. The number of benzene rings is 2. The lowest BCUT2D eigenvalue weighted by molar-refractivity contribution is -0.115. The molecule has 0 saturated heterocycles. The van der Waals surface area contributed by atoms with E-state index in [9.17, 15) is 13.2 Å². The van der Waals surface area contributed by atoms with E-state index in [0.29, 0.717) is 23.6 Å². The number of methoxy groups -OCH3 is 2. The molecule has 9 heteroatoms. The van der Waals surface area contributed by atoms with Gasteiger partial charge in [0.15, 0.2) is 4.91 Å². The van der Waals surface area contributed by atoms with Crippen LogP contribution >= 0.6 is 15.9 Å². The molecule has 1 aliphatic heterocycles. The number of amides is 1. The number of carbonyl (C=O) groups is 1. The number of halogens is 1. The largest absolute Gasteiger partial charge is 0.494 e. The van der Waals surface area contributed by atoms with Crippen LogP contribution in [0.4, 0.5) is 5.69 Å². The van der Waals surface area contributed by atoms with Gasteiger partial charge >= 0.3 is 0 Å². The van der Waals surface area contributed by atoms with Gasteiger partial charge in [-0.3, -0.25) is 9.69 Å². The summed E-state index contributed by atoms with van der Waals surface area (Å²) >= 11 is 3.30. The highest BCUT2D eigenvalue weighted by Gasteiger charge is 2.40. The number of rotatable bonds is 8. The number of para-hydroxylation sites is 1. The minimum absolute atomic E-state index is 0.0380. The highest BCUT2D eigenvalue weighted by Crippen LogP contribution is 2.41. The van der Waals surface area contributed by atoms with Crippen molar-refractivity contribution < 1.29 is 22.7 Å². The Hall–Kier alpha value is -2.52. The van der Waals surface area contributed by atoms with E-state index >= 15 is 0 Å². The Bertz CT molecular complexity index is 1060. The Labute approximate surface area is 191 Å². The summed E-state index contributed by atoms with van der Waals surface area (Å²) in [7, 11) is -1.05. The molecular weight excluding hydrogens is 484 g/mol. The molecule has 1 amide bonds. The second-order valence-electron chi connectivity index (χ2n) is 6.98. The fourth-order valence-electron chi connectivity index (χ4n) is 3.44. The quantitative estimate of drug-likeness (QED) is 0.574. The summed E-state index contributed by atoms with van der Waals surface area (Å²) in [5.41, 5.74) is 0.391. The van der Waals surface area contributed by atoms with Crippen LogP contribution in [0.15, 0.2) is 62.9 Å². The molecule has 166 valence electrons. The summed E-state index contributed by atoms with van der Waals surface area (Å²) in [5, 5.41) is 3.12. The van der Waals surface area contributed by atoms with Crippen LogP contribution in [0.2, 0.25) is 0 Å². The van der Waals surface area contributed by atoms with Crippen molar-refractivity contribution in [2.75, 3.05) is 19.1 Å². The molecule has 0 saturated carbocycles. The molecule has 2 aromatic rings. The molecule has 0 aromatic heterocycles. The molecule has 0 aliphatic carbocycles. The molecule has 0 radical (unpaired) electrons. The number of sulfone groups is 1. The summed E-state index contributed by atoms with van der Waals surface area (Å²) in [5.74, 6) is 0.196. The Morgan fingerprint density at radius 1 is 1.06 bits per heavy atom. The molecule has 0 fully saturated rings. The Morgan fingerprint density at radius 3 is 2.23 bits per heavy atom. The maximum Gasteiger partial charge on any atom is 0.273 e. The molecule has 2 aromatic carbocycles. The van der Waals surface area contributed by atoms with Gasteiger partial charge < -0.3 is 14.8 Å². The minimum Gasteiger partial charge on any atom is -0.494 e. The maximum absolute atomic E-state index is 13.6. The molecule has 3 rings (SSSR count). The molecule has 1 N–H and O–H groups in total. The molecule has 1 unspecified atom stereocenters. The van der Waals surface area contributed by atoms with Gasteiger partial charge in [0.1, 0.15) is 23.4 Å². The number of ether oxygens (including phenoxy) is 2. The molecule has 1 aliphatic rings. The Morgan fingerprint density at radius 2 is 1.68 bits per heavy atom. The topological polar surface area (TPSA) is 84.9 Å². The van der Waals surface area contributed by atoms with Crippen LogP contribution in [0, 0.1) is 0 Å². The van der Waals surface area contributed by atoms with Crippen molar-refractivity contribution in [3.05, 3.63) is 58.0 Å². The molecular formula is C22H25BrN2O5S. The maximum atomic E-state index is 13.6. The molecule has 7 nitrogen and oxygen atoms in total. The standard InChI is InChI=1S/C22H25BrN2O5S/c1-4-5-9-20-24-14-19(31(27,28)16-12-10-15(23)11-13-16)22(26)25(20)21-17(29-2)7-6-8-18(21)30-3/h6-8,10-14,20,24H,4-5,9H2,1-3H3. The fourth-order valence-corrected chi connectivity index (χ4v) is 5.00. The van der Waals surface area contributed by atoms with Gasteiger partial charge in [-0.2, -0.15) is 0 Å². The van der Waals surface area contributed by atoms with Crippen molar-refractivity contribution in [3.8, 4) is 11.5 Å². The monoisotopic (exact) mass is 508 g/mol. The van der Waals surface area contributed by atoms with Crippen molar-refractivity contribution in [2.24, 2.45) is 0 Å². The summed E-state index contributed by atoms with van der Waals surface area (Å²) in [6, 6.07) is 11.3. The first-order valence-electron chi connectivity index (χ1n) is 9.86. The number of nitrogens with one attached hydrogen (secondary N) is 1. The van der Waals surface area contributed by atoms with Crippen LogP contribution in [0.1, 0.15) is 26.2 Å². The van der Waals surface area contributed by atoms with Crippen LogP contribution in [0.5, 0.6) is 11.5 Å². The summed E-state index contributed by atoms with van der Waals surface area (Å²) in [6.07, 6.45) is 3.27. The van der Waals surface area contributed by atoms with Crippen molar-refractivity contribution in [1.29, 1.82) is 0 Å². The third-order valence-electron chi connectivity index (χ3n) is 5.04. The van der Waals surface area contributed by atoms with E-state index < -0.39 is 21.9 Å². The van der Waals surface area contributed by atoms with Crippen molar-refractivity contribution in [1.82, 2.24) is 5.32 Å². The Kier molecular flexibility index (Phi) is 7.27. The first-order valence-corrected chi connectivity index (χ1v) is 12.1. The first kappa shape index (κ1) is 23.1. The molecule has 1 atom stereocenters. The predicted molar refractivity (Wildman–Crippen MR) is 123 cm³/mol. The molecule has 0 spiro atoms. The van der Waals surface area contributed by atoms with Crippen molar-refractivity contribution in [3.63, 3.8) is 0 Å². The zero-order valence-electron chi connectivity index (χ0n) is 17.6. The van der Waals surface area contributed by atoms with Crippen molar-refractivity contribution in [2.45, 2.75) is 37.2 Å². The number of hydrogen-bond donors (Lipinski definition) is 1. The van der Waals surface area contributed by atoms with Crippen LogP contribution < -0.4 is 19.7 Å². The number of anilines is 1. The van der Waals surface area contributed by atoms with Gasteiger partial charge in [0.05, 0.1) is 19.1 Å². The normalized spacial score (nSPS) is 16.5. The average molecular weight is 509 g/mol. The average Bonchev–Trinajstić information content (AvgIpc) is 2.77. The van der Waals surface area contributed by atoms with Crippen LogP contribution in [-0.2, 0) is 14.6 Å². The second-order valence-corrected chi connectivity index (χ2v) is 9.81. The lowest BCUT2D eigenvalue weighted by Gasteiger charge is -2.37. The summed E-state index contributed by atoms with van der Waals surface area (Å²) in [6.45, 7) is 2.05. The van der Waals surface area contributed by atoms with Gasteiger partial charge in [-0.15, -0.1) is 0 Å². The first-order chi connectivity index (χ1) is 14.8. The van der Waals surface area contributed by atoms with E-state index in [0.717, 1.165) is 17.3 Å². The van der Waals surface area contributed by atoms with Gasteiger partial charge in [-0.1, -0.05) is 35.3 Å². The number of nitrogens with zero attached hydrogens (tertiary/aromatic N) is 1. The zero-order valence-corrected chi connectivity index (χ0v) is 20.0. The smallest absolute Gasteiger partial charge is 0.273 e. The summed E-state index contributed by atoms with van der Waals surface area (Å²) < 4.78 is 38.3. The number of carbonyl (C=O) groups excluding carboxylic acids is 1. The van der Waals surface area contributed by atoms with E-state index in [1.54, 1.807) is 30.3 Å². The zero-order chi connectivity index (χ0) is 22.6. The van der Waals surface area contributed by atoms with E-state index in [2.05, 4.69) is 28.2 Å². The lowest BCUT2D eigenvalue weighted by Crippen LogP contribution is -2.52. The van der Waals surface area contributed by atoms with Crippen LogP contribution in [-0.4, -0.2) is 34.7 Å².